The van der Waals surface area contributed by atoms with Crippen molar-refractivity contribution in [3.8, 4) is 0 Å². The summed E-state index contributed by atoms with van der Waals surface area (Å²) < 4.78 is 0. The van der Waals surface area contributed by atoms with E-state index in [1.165, 1.54) is 6.07 Å². The van der Waals surface area contributed by atoms with Gasteiger partial charge in [0, 0.05) is 5.69 Å². The third kappa shape index (κ3) is 1.45. The molecule has 0 unspecified atom stereocenters. The summed E-state index contributed by atoms with van der Waals surface area (Å²) in [5.74, 6) is 0. The fraction of sp³-hybridized carbons (Fsp3) is 0.111. The second-order valence-electron chi connectivity index (χ2n) is 3.11. The summed E-state index contributed by atoms with van der Waals surface area (Å²) in [5, 5.41) is 10.7. The number of hydrogen-bond acceptors (Lipinski definition) is 4. The molecule has 76 valence electrons. The van der Waals surface area contributed by atoms with E-state index < -0.39 is 16.0 Å². The SMILES string of the molecule is Cc1ccc2c(=O)c([N+](=O)[O-])c[nH]c2n1. The number of aromatic amines is 1. The highest BCUT2D eigenvalue weighted by atomic mass is 16.6. The van der Waals surface area contributed by atoms with Crippen LogP contribution in [0.25, 0.3) is 11.0 Å². The molecule has 0 atom stereocenters. The van der Waals surface area contributed by atoms with E-state index in [0.717, 1.165) is 11.9 Å². The third-order valence-electron chi connectivity index (χ3n) is 2.05. The van der Waals surface area contributed by atoms with Crippen LogP contribution in [0.1, 0.15) is 5.69 Å². The quantitative estimate of drug-likeness (QED) is 0.558. The van der Waals surface area contributed by atoms with Gasteiger partial charge < -0.3 is 4.98 Å². The Morgan fingerprint density at radius 2 is 2.20 bits per heavy atom. The summed E-state index contributed by atoms with van der Waals surface area (Å²) in [7, 11) is 0. The minimum atomic E-state index is -0.710. The standard InChI is InChI=1S/C9H7N3O3/c1-5-2-3-6-8(13)7(12(14)15)4-10-9(6)11-5/h2-4H,1H3,(H,10,11,13). The van der Waals surface area contributed by atoms with Crippen molar-refractivity contribution in [1.29, 1.82) is 0 Å². The fourth-order valence-electron chi connectivity index (χ4n) is 1.33. The maximum absolute atomic E-state index is 11.6. The average molecular weight is 205 g/mol. The first-order chi connectivity index (χ1) is 7.09. The van der Waals surface area contributed by atoms with Crippen LogP contribution in [0, 0.1) is 17.0 Å². The molecule has 0 radical (unpaired) electrons. The van der Waals surface area contributed by atoms with Gasteiger partial charge in [0.1, 0.15) is 5.65 Å². The van der Waals surface area contributed by atoms with Gasteiger partial charge in [0.2, 0.25) is 0 Å². The monoisotopic (exact) mass is 205 g/mol. The maximum atomic E-state index is 11.6. The van der Waals surface area contributed by atoms with E-state index in [1.807, 2.05) is 0 Å². The van der Waals surface area contributed by atoms with Crippen LogP contribution < -0.4 is 5.43 Å². The number of pyridine rings is 2. The number of nitrogens with zero attached hydrogens (tertiary/aromatic N) is 2. The van der Waals surface area contributed by atoms with Gasteiger partial charge in [-0.25, -0.2) is 4.98 Å². The second-order valence-corrected chi connectivity index (χ2v) is 3.11. The average Bonchev–Trinajstić information content (AvgIpc) is 2.17. The molecule has 2 aromatic heterocycles. The summed E-state index contributed by atoms with van der Waals surface area (Å²) in [6.07, 6.45) is 1.07. The highest BCUT2D eigenvalue weighted by Gasteiger charge is 2.14. The van der Waals surface area contributed by atoms with E-state index in [-0.39, 0.29) is 5.39 Å². The van der Waals surface area contributed by atoms with Crippen molar-refractivity contribution in [2.75, 3.05) is 0 Å². The van der Waals surface area contributed by atoms with Crippen LogP contribution in [0.5, 0.6) is 0 Å². The van der Waals surface area contributed by atoms with Gasteiger partial charge in [-0.1, -0.05) is 0 Å². The van der Waals surface area contributed by atoms with Gasteiger partial charge in [-0.3, -0.25) is 14.9 Å². The summed E-state index contributed by atoms with van der Waals surface area (Å²) in [6, 6.07) is 3.17. The first-order valence-electron chi connectivity index (χ1n) is 4.23. The van der Waals surface area contributed by atoms with Gasteiger partial charge in [0.15, 0.2) is 0 Å². The normalized spacial score (nSPS) is 10.5. The number of aromatic nitrogens is 2. The van der Waals surface area contributed by atoms with E-state index in [0.29, 0.717) is 5.65 Å². The summed E-state index contributed by atoms with van der Waals surface area (Å²) in [5.41, 5.74) is 0.0343. The van der Waals surface area contributed by atoms with Crippen molar-refractivity contribution < 1.29 is 4.92 Å². The molecule has 2 aromatic rings. The first-order valence-corrected chi connectivity index (χ1v) is 4.23. The van der Waals surface area contributed by atoms with Gasteiger partial charge in [-0.2, -0.15) is 0 Å². The zero-order chi connectivity index (χ0) is 11.0. The number of H-pyrrole nitrogens is 1. The Kier molecular flexibility index (Phi) is 1.96. The molecule has 1 N–H and O–H groups in total. The van der Waals surface area contributed by atoms with Crippen LogP contribution in [-0.4, -0.2) is 14.9 Å². The molecule has 0 aliphatic heterocycles. The molecular weight excluding hydrogens is 198 g/mol. The Hall–Kier alpha value is -2.24. The molecule has 6 nitrogen and oxygen atoms in total. The summed E-state index contributed by atoms with van der Waals surface area (Å²) in [4.78, 5) is 28.1. The Morgan fingerprint density at radius 3 is 2.87 bits per heavy atom. The molecule has 0 spiro atoms. The van der Waals surface area contributed by atoms with Crippen molar-refractivity contribution in [1.82, 2.24) is 9.97 Å². The van der Waals surface area contributed by atoms with Crippen molar-refractivity contribution in [3.05, 3.63) is 44.4 Å². The zero-order valence-corrected chi connectivity index (χ0v) is 7.85. The minimum Gasteiger partial charge on any atom is -0.340 e. The topological polar surface area (TPSA) is 88.9 Å². The highest BCUT2D eigenvalue weighted by Crippen LogP contribution is 2.10. The van der Waals surface area contributed by atoms with E-state index in [9.17, 15) is 14.9 Å². The molecule has 15 heavy (non-hydrogen) atoms. The molecule has 0 saturated carbocycles. The first kappa shape index (κ1) is 9.32. The van der Waals surface area contributed by atoms with E-state index >= 15 is 0 Å². The van der Waals surface area contributed by atoms with Crippen molar-refractivity contribution in [2.24, 2.45) is 0 Å². The highest BCUT2D eigenvalue weighted by molar-refractivity contribution is 5.76. The van der Waals surface area contributed by atoms with Crippen LogP contribution in [0.15, 0.2) is 23.1 Å². The molecule has 2 heterocycles. The largest absolute Gasteiger partial charge is 0.340 e. The second kappa shape index (κ2) is 3.16. The Morgan fingerprint density at radius 1 is 1.47 bits per heavy atom. The molecule has 0 fully saturated rings. The minimum absolute atomic E-state index is 0.231. The van der Waals surface area contributed by atoms with Crippen molar-refractivity contribution >= 4 is 16.7 Å². The van der Waals surface area contributed by atoms with Gasteiger partial charge in [-0.15, -0.1) is 0 Å². The smallest absolute Gasteiger partial charge is 0.332 e. The number of hydrogen-bond donors (Lipinski definition) is 1. The van der Waals surface area contributed by atoms with E-state index in [4.69, 9.17) is 0 Å². The summed E-state index contributed by atoms with van der Waals surface area (Å²) >= 11 is 0. The lowest BCUT2D eigenvalue weighted by atomic mass is 10.2. The van der Waals surface area contributed by atoms with Crippen LogP contribution in [0.3, 0.4) is 0 Å². The summed E-state index contributed by atoms with van der Waals surface area (Å²) in [6.45, 7) is 1.78. The molecule has 0 saturated heterocycles. The predicted molar refractivity (Wildman–Crippen MR) is 53.8 cm³/mol. The van der Waals surface area contributed by atoms with Crippen molar-refractivity contribution in [2.45, 2.75) is 6.92 Å². The van der Waals surface area contributed by atoms with Gasteiger partial charge in [0.25, 0.3) is 5.43 Å². The third-order valence-corrected chi connectivity index (χ3v) is 2.05. The lowest BCUT2D eigenvalue weighted by Gasteiger charge is -1.97. The van der Waals surface area contributed by atoms with Crippen LogP contribution >= 0.6 is 0 Å². The number of nitro groups is 1. The molecule has 0 aliphatic rings. The molecular formula is C9H7N3O3. The number of rotatable bonds is 1. The van der Waals surface area contributed by atoms with E-state index in [1.54, 1.807) is 13.0 Å². The molecule has 0 bridgehead atoms. The molecule has 0 aliphatic carbocycles. The Labute approximate surface area is 83.7 Å². The Bertz CT molecular complexity index is 603. The van der Waals surface area contributed by atoms with Gasteiger partial charge >= 0.3 is 5.69 Å². The van der Waals surface area contributed by atoms with Crippen LogP contribution in [0.4, 0.5) is 5.69 Å². The zero-order valence-electron chi connectivity index (χ0n) is 7.85. The van der Waals surface area contributed by atoms with Gasteiger partial charge in [0.05, 0.1) is 16.5 Å². The number of aryl methyl sites for hydroxylation is 1. The fourth-order valence-corrected chi connectivity index (χ4v) is 1.33. The molecule has 2 rings (SSSR count). The van der Waals surface area contributed by atoms with Crippen molar-refractivity contribution in [3.63, 3.8) is 0 Å². The van der Waals surface area contributed by atoms with Crippen LogP contribution in [0.2, 0.25) is 0 Å². The lowest BCUT2D eigenvalue weighted by molar-refractivity contribution is -0.386. The Balaban J connectivity index is 2.86. The maximum Gasteiger partial charge on any atom is 0.332 e. The molecule has 0 aromatic carbocycles. The van der Waals surface area contributed by atoms with Gasteiger partial charge in [-0.05, 0) is 19.1 Å². The predicted octanol–water partition coefficient (Wildman–Crippen LogP) is 1.14. The van der Waals surface area contributed by atoms with E-state index in [2.05, 4.69) is 9.97 Å². The molecule has 0 amide bonds. The molecule has 6 heteroatoms. The lowest BCUT2D eigenvalue weighted by Crippen LogP contribution is -2.09. The number of fused-ring (bicyclic) bond motifs is 1. The number of nitrogens with one attached hydrogen (secondary N) is 1. The van der Waals surface area contributed by atoms with Crippen LogP contribution in [-0.2, 0) is 0 Å².